The number of halogens is 2. The van der Waals surface area contributed by atoms with Gasteiger partial charge in [0.1, 0.15) is 5.82 Å². The summed E-state index contributed by atoms with van der Waals surface area (Å²) >= 11 is 2.11. The molecule has 1 aliphatic rings. The van der Waals surface area contributed by atoms with E-state index in [0.717, 1.165) is 20.3 Å². The lowest BCUT2D eigenvalue weighted by molar-refractivity contribution is -0.128. The summed E-state index contributed by atoms with van der Waals surface area (Å²) in [6, 6.07) is 6.95. The van der Waals surface area contributed by atoms with Gasteiger partial charge in [0, 0.05) is 41.4 Å². The highest BCUT2D eigenvalue weighted by molar-refractivity contribution is 14.1. The maximum Gasteiger partial charge on any atom is 0.223 e. The number of nitrogens with zero attached hydrogens (tertiary/aromatic N) is 2. The number of aromatic nitrogens is 1. The Bertz CT molecular complexity index is 699. The highest BCUT2D eigenvalue weighted by atomic mass is 127. The Balaban J connectivity index is 1.77. The third kappa shape index (κ3) is 3.29. The molecule has 5 heteroatoms. The molecule has 1 aliphatic heterocycles. The summed E-state index contributed by atoms with van der Waals surface area (Å²) < 4.78 is 14.4. The fourth-order valence-electron chi connectivity index (χ4n) is 2.84. The molecule has 1 aromatic heterocycles. The van der Waals surface area contributed by atoms with Gasteiger partial charge in [-0.2, -0.15) is 0 Å². The molecule has 0 N–H and O–H groups in total. The second-order valence-electron chi connectivity index (χ2n) is 5.68. The molecule has 0 saturated carbocycles. The Morgan fingerprint density at radius 2 is 2.23 bits per heavy atom. The van der Waals surface area contributed by atoms with E-state index in [1.807, 2.05) is 30.2 Å². The van der Waals surface area contributed by atoms with Crippen LogP contribution in [0.4, 0.5) is 4.39 Å². The van der Waals surface area contributed by atoms with E-state index < -0.39 is 0 Å². The monoisotopic (exact) mass is 410 g/mol. The van der Waals surface area contributed by atoms with Gasteiger partial charge in [-0.05, 0) is 70.5 Å². The third-order valence-corrected chi connectivity index (χ3v) is 4.69. The fourth-order valence-corrected chi connectivity index (χ4v) is 3.50. The molecule has 1 fully saturated rings. The summed E-state index contributed by atoms with van der Waals surface area (Å²) in [5, 5.41) is 0. The summed E-state index contributed by atoms with van der Waals surface area (Å²) in [6.45, 7) is 3.23. The number of pyridine rings is 1. The molecule has 1 aromatic carbocycles. The van der Waals surface area contributed by atoms with Crippen LogP contribution in [-0.2, 0) is 11.3 Å². The number of aryl methyl sites for hydroxylation is 1. The molecule has 1 saturated heterocycles. The Morgan fingerprint density at radius 3 is 2.95 bits per heavy atom. The van der Waals surface area contributed by atoms with Crippen LogP contribution < -0.4 is 0 Å². The molecule has 0 aliphatic carbocycles. The van der Waals surface area contributed by atoms with E-state index in [9.17, 15) is 9.18 Å². The third-order valence-electron chi connectivity index (χ3n) is 4.07. The summed E-state index contributed by atoms with van der Waals surface area (Å²) in [5.74, 6) is -0.0443. The molecule has 2 heterocycles. The predicted molar refractivity (Wildman–Crippen MR) is 90.9 cm³/mol. The molecule has 3 nitrogen and oxygen atoms in total. The van der Waals surface area contributed by atoms with E-state index in [1.165, 1.54) is 6.07 Å². The SMILES string of the molecule is Cc1cnccc1CN1CC(c2cc(F)cc(I)c2)CC1=O. The van der Waals surface area contributed by atoms with Crippen molar-refractivity contribution in [3.8, 4) is 0 Å². The fraction of sp³-hybridized carbons (Fsp3) is 0.294. The second-order valence-corrected chi connectivity index (χ2v) is 6.93. The molecular weight excluding hydrogens is 394 g/mol. The lowest BCUT2D eigenvalue weighted by atomic mass is 9.98. The Kier molecular flexibility index (Phi) is 4.42. The zero-order valence-electron chi connectivity index (χ0n) is 12.2. The molecule has 3 rings (SSSR count). The van der Waals surface area contributed by atoms with Gasteiger partial charge in [0.15, 0.2) is 0 Å². The zero-order valence-corrected chi connectivity index (χ0v) is 14.4. The quantitative estimate of drug-likeness (QED) is 0.724. The van der Waals surface area contributed by atoms with Crippen molar-refractivity contribution >= 4 is 28.5 Å². The van der Waals surface area contributed by atoms with Crippen LogP contribution in [0, 0.1) is 16.3 Å². The second kappa shape index (κ2) is 6.32. The van der Waals surface area contributed by atoms with E-state index in [0.29, 0.717) is 19.5 Å². The van der Waals surface area contributed by atoms with Crippen LogP contribution in [0.25, 0.3) is 0 Å². The molecule has 114 valence electrons. The van der Waals surface area contributed by atoms with Crippen molar-refractivity contribution in [2.24, 2.45) is 0 Å². The molecule has 0 radical (unpaired) electrons. The van der Waals surface area contributed by atoms with Crippen molar-refractivity contribution in [3.63, 3.8) is 0 Å². The van der Waals surface area contributed by atoms with Crippen molar-refractivity contribution in [1.29, 1.82) is 0 Å². The first-order valence-corrected chi connectivity index (χ1v) is 8.24. The van der Waals surface area contributed by atoms with Gasteiger partial charge in [-0.3, -0.25) is 9.78 Å². The number of amides is 1. The van der Waals surface area contributed by atoms with Crippen LogP contribution in [0.3, 0.4) is 0 Å². The lowest BCUT2D eigenvalue weighted by Gasteiger charge is -2.18. The number of rotatable bonds is 3. The van der Waals surface area contributed by atoms with E-state index >= 15 is 0 Å². The minimum atomic E-state index is -0.238. The van der Waals surface area contributed by atoms with Crippen LogP contribution in [0.1, 0.15) is 29.0 Å². The summed E-state index contributed by atoms with van der Waals surface area (Å²) in [7, 11) is 0. The first-order chi connectivity index (χ1) is 10.5. The van der Waals surface area contributed by atoms with E-state index in [2.05, 4.69) is 27.6 Å². The molecule has 22 heavy (non-hydrogen) atoms. The van der Waals surface area contributed by atoms with E-state index in [1.54, 1.807) is 12.3 Å². The average Bonchev–Trinajstić information content (AvgIpc) is 2.82. The van der Waals surface area contributed by atoms with Gasteiger partial charge in [0.2, 0.25) is 5.91 Å². The molecule has 2 aromatic rings. The van der Waals surface area contributed by atoms with Gasteiger partial charge >= 0.3 is 0 Å². The maximum absolute atomic E-state index is 13.6. The normalized spacial score (nSPS) is 18.0. The van der Waals surface area contributed by atoms with Crippen molar-refractivity contribution < 1.29 is 9.18 Å². The largest absolute Gasteiger partial charge is 0.338 e. The molecule has 1 atom stereocenters. The van der Waals surface area contributed by atoms with Gasteiger partial charge in [-0.15, -0.1) is 0 Å². The molecular formula is C17H16FIN2O. The summed E-state index contributed by atoms with van der Waals surface area (Å²) in [6.07, 6.45) is 4.00. The highest BCUT2D eigenvalue weighted by Crippen LogP contribution is 2.30. The van der Waals surface area contributed by atoms with Crippen LogP contribution in [0.15, 0.2) is 36.7 Å². The van der Waals surface area contributed by atoms with Crippen LogP contribution in [0.2, 0.25) is 0 Å². The Hall–Kier alpha value is -1.50. The first kappa shape index (κ1) is 15.4. The number of hydrogen-bond donors (Lipinski definition) is 0. The molecule has 1 unspecified atom stereocenters. The van der Waals surface area contributed by atoms with Gasteiger partial charge < -0.3 is 4.90 Å². The van der Waals surface area contributed by atoms with Crippen LogP contribution in [-0.4, -0.2) is 22.3 Å². The van der Waals surface area contributed by atoms with Gasteiger partial charge in [-0.25, -0.2) is 4.39 Å². The molecule has 0 spiro atoms. The first-order valence-electron chi connectivity index (χ1n) is 7.16. The minimum absolute atomic E-state index is 0.0684. The summed E-state index contributed by atoms with van der Waals surface area (Å²) in [5.41, 5.74) is 3.10. The van der Waals surface area contributed by atoms with Gasteiger partial charge in [-0.1, -0.05) is 0 Å². The van der Waals surface area contributed by atoms with Crippen molar-refractivity contribution in [2.45, 2.75) is 25.8 Å². The van der Waals surface area contributed by atoms with Gasteiger partial charge in [0.25, 0.3) is 0 Å². The number of carbonyl (C=O) groups is 1. The van der Waals surface area contributed by atoms with Crippen molar-refractivity contribution in [3.05, 3.63) is 62.7 Å². The smallest absolute Gasteiger partial charge is 0.223 e. The van der Waals surface area contributed by atoms with E-state index in [-0.39, 0.29) is 17.6 Å². The van der Waals surface area contributed by atoms with E-state index in [4.69, 9.17) is 0 Å². The van der Waals surface area contributed by atoms with Gasteiger partial charge in [0.05, 0.1) is 0 Å². The molecule has 1 amide bonds. The number of hydrogen-bond acceptors (Lipinski definition) is 2. The Morgan fingerprint density at radius 1 is 1.41 bits per heavy atom. The minimum Gasteiger partial charge on any atom is -0.338 e. The molecule has 0 bridgehead atoms. The topological polar surface area (TPSA) is 33.2 Å². The van der Waals surface area contributed by atoms with Crippen molar-refractivity contribution in [2.75, 3.05) is 6.54 Å². The average molecular weight is 410 g/mol. The van der Waals surface area contributed by atoms with Crippen LogP contribution in [0.5, 0.6) is 0 Å². The highest BCUT2D eigenvalue weighted by Gasteiger charge is 2.31. The Labute approximate surface area is 142 Å². The zero-order chi connectivity index (χ0) is 15.7. The lowest BCUT2D eigenvalue weighted by Crippen LogP contribution is -2.24. The van der Waals surface area contributed by atoms with Crippen LogP contribution >= 0.6 is 22.6 Å². The number of likely N-dealkylation sites (tertiary alicyclic amines) is 1. The maximum atomic E-state index is 13.6. The number of benzene rings is 1. The van der Waals surface area contributed by atoms with Crippen molar-refractivity contribution in [1.82, 2.24) is 9.88 Å². The number of carbonyl (C=O) groups excluding carboxylic acids is 1. The predicted octanol–water partition coefficient (Wildman–Crippen LogP) is 3.65. The summed E-state index contributed by atoms with van der Waals surface area (Å²) in [4.78, 5) is 18.2. The standard InChI is InChI=1S/C17H16FIN2O/c1-11-8-20-3-2-12(11)9-21-10-14(6-17(21)22)13-4-15(18)7-16(19)5-13/h2-5,7-8,14H,6,9-10H2,1H3.